The van der Waals surface area contributed by atoms with Gasteiger partial charge in [-0.05, 0) is 30.2 Å². The van der Waals surface area contributed by atoms with E-state index in [4.69, 9.17) is 0 Å². The van der Waals surface area contributed by atoms with Crippen LogP contribution >= 0.6 is 0 Å². The summed E-state index contributed by atoms with van der Waals surface area (Å²) in [5, 5.41) is 0.889. The number of nitrogens with zero attached hydrogens (tertiary/aromatic N) is 1. The summed E-state index contributed by atoms with van der Waals surface area (Å²) < 4.78 is 13.6. The Bertz CT molecular complexity index is 916. The maximum absolute atomic E-state index is 13.6. The predicted molar refractivity (Wildman–Crippen MR) is 96.9 cm³/mol. The summed E-state index contributed by atoms with van der Waals surface area (Å²) in [6.45, 7) is 3.29. The minimum absolute atomic E-state index is 0.121. The number of aromatic amines is 1. The molecule has 1 N–H and O–H groups in total. The summed E-state index contributed by atoms with van der Waals surface area (Å²) in [6, 6.07) is 14.8. The molecule has 0 spiro atoms. The number of carbonyl (C=O) groups excluding carboxylic acids is 1. The van der Waals surface area contributed by atoms with E-state index in [1.165, 1.54) is 6.07 Å². The van der Waals surface area contributed by atoms with Gasteiger partial charge in [-0.2, -0.15) is 0 Å². The van der Waals surface area contributed by atoms with Crippen molar-refractivity contribution in [3.8, 4) is 0 Å². The van der Waals surface area contributed by atoms with Crippen LogP contribution in [0.4, 0.5) is 4.39 Å². The fourth-order valence-electron chi connectivity index (χ4n) is 3.83. The molecule has 4 rings (SSSR count). The summed E-state index contributed by atoms with van der Waals surface area (Å²) in [7, 11) is 0. The third kappa shape index (κ3) is 2.82. The van der Waals surface area contributed by atoms with Crippen LogP contribution in [0.2, 0.25) is 0 Å². The molecule has 0 bridgehead atoms. The predicted octanol–water partition coefficient (Wildman–Crippen LogP) is 4.39. The maximum atomic E-state index is 13.6. The van der Waals surface area contributed by atoms with Crippen LogP contribution in [-0.2, 0) is 17.8 Å². The van der Waals surface area contributed by atoms with Gasteiger partial charge in [0, 0.05) is 41.7 Å². The molecule has 25 heavy (non-hydrogen) atoms. The van der Waals surface area contributed by atoms with Gasteiger partial charge in [0.25, 0.3) is 0 Å². The summed E-state index contributed by atoms with van der Waals surface area (Å²) in [5.41, 5.74) is 4.18. The van der Waals surface area contributed by atoms with Gasteiger partial charge in [-0.3, -0.25) is 4.79 Å². The van der Waals surface area contributed by atoms with Crippen molar-refractivity contribution < 1.29 is 9.18 Å². The molecule has 1 atom stereocenters. The van der Waals surface area contributed by atoms with E-state index in [1.807, 2.05) is 42.2 Å². The summed E-state index contributed by atoms with van der Waals surface area (Å²) in [6.07, 6.45) is 1.55. The zero-order valence-electron chi connectivity index (χ0n) is 14.3. The van der Waals surface area contributed by atoms with Crippen LogP contribution < -0.4 is 0 Å². The lowest BCUT2D eigenvalue weighted by Crippen LogP contribution is -2.38. The Labute approximate surface area is 146 Å². The normalized spacial score (nSPS) is 15.2. The molecule has 1 aliphatic heterocycles. The van der Waals surface area contributed by atoms with Gasteiger partial charge in [0.1, 0.15) is 5.82 Å². The molecule has 0 saturated carbocycles. The summed E-state index contributed by atoms with van der Waals surface area (Å²) in [4.78, 5) is 18.4. The number of benzene rings is 2. The van der Waals surface area contributed by atoms with E-state index >= 15 is 0 Å². The topological polar surface area (TPSA) is 36.1 Å². The first-order valence-corrected chi connectivity index (χ1v) is 8.80. The van der Waals surface area contributed by atoms with Crippen molar-refractivity contribution in [1.29, 1.82) is 0 Å². The van der Waals surface area contributed by atoms with Gasteiger partial charge < -0.3 is 9.88 Å². The van der Waals surface area contributed by atoms with E-state index in [0.29, 0.717) is 13.1 Å². The Balaban J connectivity index is 1.64. The van der Waals surface area contributed by atoms with Crippen LogP contribution in [0.5, 0.6) is 0 Å². The molecule has 2 heterocycles. The molecular weight excluding hydrogens is 315 g/mol. The summed E-state index contributed by atoms with van der Waals surface area (Å²) in [5.74, 6) is -0.205. The molecule has 4 heteroatoms. The molecule has 1 aromatic heterocycles. The third-order valence-electron chi connectivity index (χ3n) is 5.16. The molecular formula is C21H21FN2O. The van der Waals surface area contributed by atoms with Gasteiger partial charge in [0.05, 0.1) is 5.92 Å². The second-order valence-corrected chi connectivity index (χ2v) is 6.65. The SMILES string of the molecule is CCC(C(=O)N1CCc2[nH]c3ccc(F)cc3c2C1)c1ccccc1. The van der Waals surface area contributed by atoms with E-state index in [2.05, 4.69) is 4.98 Å². The van der Waals surface area contributed by atoms with Crippen molar-refractivity contribution in [3.05, 3.63) is 71.2 Å². The number of halogens is 1. The van der Waals surface area contributed by atoms with Crippen LogP contribution in [0.15, 0.2) is 48.5 Å². The first-order chi connectivity index (χ1) is 12.2. The number of fused-ring (bicyclic) bond motifs is 3. The Morgan fingerprint density at radius 3 is 2.80 bits per heavy atom. The number of carbonyl (C=O) groups is 1. The highest BCUT2D eigenvalue weighted by Gasteiger charge is 2.29. The van der Waals surface area contributed by atoms with Gasteiger partial charge >= 0.3 is 0 Å². The highest BCUT2D eigenvalue weighted by atomic mass is 19.1. The Hall–Kier alpha value is -2.62. The Kier molecular flexibility index (Phi) is 4.04. The zero-order chi connectivity index (χ0) is 17.4. The fourth-order valence-corrected chi connectivity index (χ4v) is 3.83. The van der Waals surface area contributed by atoms with Crippen LogP contribution in [0.25, 0.3) is 10.9 Å². The second kappa shape index (κ2) is 6.36. The molecule has 2 aromatic carbocycles. The summed E-state index contributed by atoms with van der Waals surface area (Å²) >= 11 is 0. The van der Waals surface area contributed by atoms with Crippen molar-refractivity contribution in [2.45, 2.75) is 32.2 Å². The molecule has 3 nitrogen and oxygen atoms in total. The first kappa shape index (κ1) is 15.9. The Morgan fingerprint density at radius 1 is 1.24 bits per heavy atom. The van der Waals surface area contributed by atoms with Crippen LogP contribution in [0.1, 0.15) is 36.1 Å². The zero-order valence-corrected chi connectivity index (χ0v) is 14.3. The van der Waals surface area contributed by atoms with Crippen LogP contribution in [-0.4, -0.2) is 22.3 Å². The Morgan fingerprint density at radius 2 is 2.04 bits per heavy atom. The molecule has 0 radical (unpaired) electrons. The smallest absolute Gasteiger partial charge is 0.230 e. The average Bonchev–Trinajstić information content (AvgIpc) is 3.00. The number of hydrogen-bond donors (Lipinski definition) is 1. The first-order valence-electron chi connectivity index (χ1n) is 8.80. The minimum Gasteiger partial charge on any atom is -0.358 e. The lowest BCUT2D eigenvalue weighted by atomic mass is 9.93. The van der Waals surface area contributed by atoms with E-state index in [9.17, 15) is 9.18 Å². The molecule has 3 aromatic rings. The standard InChI is InChI=1S/C21H21FN2O/c1-2-16(14-6-4-3-5-7-14)21(25)24-11-10-20-18(13-24)17-12-15(22)8-9-19(17)23-20/h3-9,12,16,23H,2,10-11,13H2,1H3. The highest BCUT2D eigenvalue weighted by Crippen LogP contribution is 2.31. The van der Waals surface area contributed by atoms with E-state index in [0.717, 1.165) is 40.6 Å². The largest absolute Gasteiger partial charge is 0.358 e. The number of nitrogens with one attached hydrogen (secondary N) is 1. The fraction of sp³-hybridized carbons (Fsp3) is 0.286. The van der Waals surface area contributed by atoms with Crippen molar-refractivity contribution in [1.82, 2.24) is 9.88 Å². The highest BCUT2D eigenvalue weighted by molar-refractivity contribution is 5.87. The molecule has 0 fully saturated rings. The van der Waals surface area contributed by atoms with Gasteiger partial charge in [0.15, 0.2) is 0 Å². The quantitative estimate of drug-likeness (QED) is 0.757. The van der Waals surface area contributed by atoms with E-state index in [-0.39, 0.29) is 17.6 Å². The van der Waals surface area contributed by atoms with Crippen molar-refractivity contribution in [3.63, 3.8) is 0 Å². The second-order valence-electron chi connectivity index (χ2n) is 6.65. The third-order valence-corrected chi connectivity index (χ3v) is 5.16. The molecule has 1 aliphatic rings. The van der Waals surface area contributed by atoms with Crippen molar-refractivity contribution in [2.24, 2.45) is 0 Å². The number of hydrogen-bond acceptors (Lipinski definition) is 1. The molecule has 1 amide bonds. The minimum atomic E-state index is -0.242. The van der Waals surface area contributed by atoms with Crippen LogP contribution in [0.3, 0.4) is 0 Å². The van der Waals surface area contributed by atoms with Crippen LogP contribution in [0, 0.1) is 5.82 Å². The van der Waals surface area contributed by atoms with Gasteiger partial charge in [-0.25, -0.2) is 4.39 Å². The lowest BCUT2D eigenvalue weighted by Gasteiger charge is -2.30. The maximum Gasteiger partial charge on any atom is 0.230 e. The number of rotatable bonds is 3. The number of amides is 1. The molecule has 0 aliphatic carbocycles. The van der Waals surface area contributed by atoms with Gasteiger partial charge in [-0.15, -0.1) is 0 Å². The van der Waals surface area contributed by atoms with Gasteiger partial charge in [-0.1, -0.05) is 37.3 Å². The lowest BCUT2D eigenvalue weighted by molar-refractivity contribution is -0.133. The number of aromatic nitrogens is 1. The molecule has 1 unspecified atom stereocenters. The molecule has 128 valence electrons. The monoisotopic (exact) mass is 336 g/mol. The van der Waals surface area contributed by atoms with Gasteiger partial charge in [0.2, 0.25) is 5.91 Å². The van der Waals surface area contributed by atoms with Crippen molar-refractivity contribution in [2.75, 3.05) is 6.54 Å². The van der Waals surface area contributed by atoms with Crippen molar-refractivity contribution >= 4 is 16.8 Å². The van der Waals surface area contributed by atoms with E-state index in [1.54, 1.807) is 12.1 Å². The average molecular weight is 336 g/mol. The van der Waals surface area contributed by atoms with E-state index < -0.39 is 0 Å². The molecule has 0 saturated heterocycles. The number of H-pyrrole nitrogens is 1.